The van der Waals surface area contributed by atoms with E-state index in [1.165, 1.54) is 0 Å². The van der Waals surface area contributed by atoms with E-state index in [-0.39, 0.29) is 29.0 Å². The summed E-state index contributed by atoms with van der Waals surface area (Å²) in [5, 5.41) is 6.24. The van der Waals surface area contributed by atoms with Crippen LogP contribution in [0.3, 0.4) is 0 Å². The minimum atomic E-state index is -0.936. The number of rotatable bonds is 4. The van der Waals surface area contributed by atoms with E-state index in [4.69, 9.17) is 0 Å². The van der Waals surface area contributed by atoms with Gasteiger partial charge in [-0.25, -0.2) is 0 Å². The lowest BCUT2D eigenvalue weighted by Gasteiger charge is -2.22. The average molecular weight is 359 g/mol. The molecule has 1 aliphatic rings. The van der Waals surface area contributed by atoms with Gasteiger partial charge >= 0.3 is 0 Å². The van der Waals surface area contributed by atoms with Crippen LogP contribution in [-0.2, 0) is 21.3 Å². The predicted octanol–water partition coefficient (Wildman–Crippen LogP) is 3.09. The molecular formula is C17H27ClN2O2S. The van der Waals surface area contributed by atoms with Crippen molar-refractivity contribution >= 4 is 34.8 Å². The zero-order valence-corrected chi connectivity index (χ0v) is 15.7. The monoisotopic (exact) mass is 358 g/mol. The third-order valence-electron chi connectivity index (χ3n) is 3.84. The lowest BCUT2D eigenvalue weighted by Crippen LogP contribution is -2.37. The van der Waals surface area contributed by atoms with Crippen LogP contribution < -0.4 is 10.6 Å². The molecular weight excluding hydrogens is 332 g/mol. The van der Waals surface area contributed by atoms with Crippen molar-refractivity contribution in [2.45, 2.75) is 44.1 Å². The van der Waals surface area contributed by atoms with E-state index in [2.05, 4.69) is 10.6 Å². The highest BCUT2D eigenvalue weighted by Crippen LogP contribution is 2.20. The Balaban J connectivity index is 0.00000264. The van der Waals surface area contributed by atoms with Crippen LogP contribution in [0.25, 0.3) is 0 Å². The van der Waals surface area contributed by atoms with E-state index in [1.54, 1.807) is 0 Å². The zero-order chi connectivity index (χ0) is 16.2. The number of carbonyl (C=O) groups excluding carboxylic acids is 1. The van der Waals surface area contributed by atoms with Gasteiger partial charge in [0.05, 0.1) is 5.92 Å². The molecule has 1 fully saturated rings. The molecule has 2 unspecified atom stereocenters. The quantitative estimate of drug-likeness (QED) is 0.869. The van der Waals surface area contributed by atoms with Gasteiger partial charge in [-0.3, -0.25) is 9.00 Å². The van der Waals surface area contributed by atoms with Crippen molar-refractivity contribution in [1.82, 2.24) is 5.32 Å². The van der Waals surface area contributed by atoms with Crippen molar-refractivity contribution in [3.05, 3.63) is 29.8 Å². The molecule has 0 bridgehead atoms. The Morgan fingerprint density at radius 3 is 2.74 bits per heavy atom. The molecule has 1 heterocycles. The summed E-state index contributed by atoms with van der Waals surface area (Å²) < 4.78 is 12.0. The van der Waals surface area contributed by atoms with Crippen molar-refractivity contribution in [3.8, 4) is 0 Å². The first-order valence-corrected chi connectivity index (χ1v) is 9.17. The minimum Gasteiger partial charge on any atom is -0.326 e. The molecule has 2 rings (SSSR count). The van der Waals surface area contributed by atoms with Crippen molar-refractivity contribution in [1.29, 1.82) is 0 Å². The summed E-state index contributed by atoms with van der Waals surface area (Å²) >= 11 is 0. The molecule has 4 nitrogen and oxygen atoms in total. The summed E-state index contributed by atoms with van der Waals surface area (Å²) in [6.07, 6.45) is 1.98. The molecule has 1 amide bonds. The maximum Gasteiger partial charge on any atom is 0.228 e. The number of hydrogen-bond acceptors (Lipinski definition) is 3. The number of nitrogens with one attached hydrogen (secondary N) is 2. The maximum absolute atomic E-state index is 12.2. The summed E-state index contributed by atoms with van der Waals surface area (Å²) in [5.41, 5.74) is 1.78. The van der Waals surface area contributed by atoms with E-state index < -0.39 is 10.8 Å². The average Bonchev–Trinajstić information content (AvgIpc) is 2.47. The third-order valence-corrected chi connectivity index (χ3v) is 5.80. The normalized spacial score (nSPS) is 19.5. The van der Waals surface area contributed by atoms with E-state index in [0.717, 1.165) is 37.2 Å². The van der Waals surface area contributed by atoms with Gasteiger partial charge in [0, 0.05) is 33.5 Å². The molecule has 2 N–H and O–H groups in total. The standard InChI is InChI=1S/C17H26N2O2S.ClH/c1-17(2,3)22(21)12-13-6-4-8-15(10-13)19-16(20)14-7-5-9-18-11-14;/h4,6,8,10,14,18H,5,7,9,11-12H2,1-3H3,(H,19,20);1H. The van der Waals surface area contributed by atoms with Crippen LogP contribution in [0.15, 0.2) is 24.3 Å². The van der Waals surface area contributed by atoms with Crippen LogP contribution in [0, 0.1) is 5.92 Å². The van der Waals surface area contributed by atoms with Gasteiger partial charge in [0.15, 0.2) is 0 Å². The lowest BCUT2D eigenvalue weighted by atomic mass is 9.99. The molecule has 0 radical (unpaired) electrons. The van der Waals surface area contributed by atoms with Gasteiger partial charge in [-0.05, 0) is 57.9 Å². The van der Waals surface area contributed by atoms with Gasteiger partial charge in [0.25, 0.3) is 0 Å². The molecule has 0 aromatic heterocycles. The summed E-state index contributed by atoms with van der Waals surface area (Å²) in [6.45, 7) is 7.68. The van der Waals surface area contributed by atoms with Gasteiger partial charge in [-0.1, -0.05) is 12.1 Å². The summed E-state index contributed by atoms with van der Waals surface area (Å²) in [5.74, 6) is 0.625. The molecule has 2 atom stereocenters. The van der Waals surface area contributed by atoms with Crippen LogP contribution in [0.2, 0.25) is 0 Å². The molecule has 1 saturated heterocycles. The molecule has 23 heavy (non-hydrogen) atoms. The Morgan fingerprint density at radius 1 is 1.39 bits per heavy atom. The Kier molecular flexibility index (Phi) is 7.71. The fourth-order valence-corrected chi connectivity index (χ4v) is 3.34. The van der Waals surface area contributed by atoms with E-state index in [1.807, 2.05) is 45.0 Å². The number of piperidine rings is 1. The van der Waals surface area contributed by atoms with Gasteiger partial charge < -0.3 is 10.6 Å². The molecule has 0 aliphatic carbocycles. The Labute approximate surface area is 147 Å². The highest BCUT2D eigenvalue weighted by molar-refractivity contribution is 7.85. The largest absolute Gasteiger partial charge is 0.326 e. The molecule has 1 aromatic rings. The van der Waals surface area contributed by atoms with Crippen molar-refractivity contribution < 1.29 is 9.00 Å². The number of benzene rings is 1. The Morgan fingerprint density at radius 2 is 2.13 bits per heavy atom. The summed E-state index contributed by atoms with van der Waals surface area (Å²) in [6, 6.07) is 7.68. The fraction of sp³-hybridized carbons (Fsp3) is 0.588. The van der Waals surface area contributed by atoms with Crippen LogP contribution >= 0.6 is 12.4 Å². The third kappa shape index (κ3) is 6.24. The van der Waals surface area contributed by atoms with Gasteiger partial charge in [0.1, 0.15) is 0 Å². The Hall–Kier alpha value is -0.910. The maximum atomic E-state index is 12.2. The SMILES string of the molecule is CC(C)(C)S(=O)Cc1cccc(NC(=O)C2CCCNC2)c1.Cl. The van der Waals surface area contributed by atoms with Crippen LogP contribution in [0.5, 0.6) is 0 Å². The molecule has 6 heteroatoms. The minimum absolute atomic E-state index is 0. The highest BCUT2D eigenvalue weighted by Gasteiger charge is 2.22. The second-order valence-corrected chi connectivity index (χ2v) is 9.04. The van der Waals surface area contributed by atoms with Crippen molar-refractivity contribution in [2.24, 2.45) is 5.92 Å². The van der Waals surface area contributed by atoms with Crippen LogP contribution in [0.1, 0.15) is 39.2 Å². The second-order valence-electron chi connectivity index (χ2n) is 6.84. The summed E-state index contributed by atoms with van der Waals surface area (Å²) in [7, 11) is -0.936. The molecule has 0 spiro atoms. The van der Waals surface area contributed by atoms with Crippen LogP contribution in [0.4, 0.5) is 5.69 Å². The summed E-state index contributed by atoms with van der Waals surface area (Å²) in [4.78, 5) is 12.2. The lowest BCUT2D eigenvalue weighted by molar-refractivity contribution is -0.120. The van der Waals surface area contributed by atoms with E-state index in [9.17, 15) is 9.00 Å². The van der Waals surface area contributed by atoms with Gasteiger partial charge in [0.2, 0.25) is 5.91 Å². The molecule has 0 saturated carbocycles. The van der Waals surface area contributed by atoms with Gasteiger partial charge in [-0.2, -0.15) is 0 Å². The number of carbonyl (C=O) groups is 1. The Bertz CT molecular complexity index is 552. The predicted molar refractivity (Wildman–Crippen MR) is 99.5 cm³/mol. The number of hydrogen-bond donors (Lipinski definition) is 2. The van der Waals surface area contributed by atoms with Crippen molar-refractivity contribution in [2.75, 3.05) is 18.4 Å². The topological polar surface area (TPSA) is 58.2 Å². The highest BCUT2D eigenvalue weighted by atomic mass is 35.5. The van der Waals surface area contributed by atoms with Crippen molar-refractivity contribution in [3.63, 3.8) is 0 Å². The zero-order valence-electron chi connectivity index (χ0n) is 14.1. The molecule has 130 valence electrons. The molecule has 1 aliphatic heterocycles. The first kappa shape index (κ1) is 20.1. The van der Waals surface area contributed by atoms with Gasteiger partial charge in [-0.15, -0.1) is 12.4 Å². The first-order valence-electron chi connectivity index (χ1n) is 7.85. The van der Waals surface area contributed by atoms with E-state index in [0.29, 0.717) is 5.75 Å². The second kappa shape index (κ2) is 8.81. The number of anilines is 1. The molecule has 1 aromatic carbocycles. The van der Waals surface area contributed by atoms with Crippen LogP contribution in [-0.4, -0.2) is 28.0 Å². The number of halogens is 1. The van der Waals surface area contributed by atoms with E-state index >= 15 is 0 Å². The smallest absolute Gasteiger partial charge is 0.228 e. The fourth-order valence-electron chi connectivity index (χ4n) is 2.43. The number of amides is 1. The first-order chi connectivity index (χ1) is 10.4.